The van der Waals surface area contributed by atoms with Crippen LogP contribution in [0.3, 0.4) is 0 Å². The second-order valence-electron chi connectivity index (χ2n) is 8.91. The van der Waals surface area contributed by atoms with Crippen molar-refractivity contribution in [3.05, 3.63) is 0 Å². The number of rotatable bonds is 7. The average molecular weight is 439 g/mol. The quantitative estimate of drug-likeness (QED) is 0.421. The van der Waals surface area contributed by atoms with Gasteiger partial charge in [0.25, 0.3) is 0 Å². The summed E-state index contributed by atoms with van der Waals surface area (Å²) in [7, 11) is -10.2. The highest BCUT2D eigenvalue weighted by Crippen LogP contribution is 2.70. The SMILES string of the molecule is CCC1(CC)CCC2(CCCCC2)C(CC)(CC)N1C(P(=O)(O)O)P(=O)(O)O. The Hall–Kier alpha value is 0.260. The molecule has 0 radical (unpaired) electrons. The van der Waals surface area contributed by atoms with Gasteiger partial charge < -0.3 is 19.6 Å². The second kappa shape index (κ2) is 8.42. The Bertz CT molecular complexity index is 606. The molecule has 2 fully saturated rings. The third kappa shape index (κ3) is 3.82. The van der Waals surface area contributed by atoms with Crippen molar-refractivity contribution >= 4 is 15.2 Å². The fraction of sp³-hybridized carbons (Fsp3) is 1.00. The van der Waals surface area contributed by atoms with Crippen LogP contribution in [0, 0.1) is 5.41 Å². The summed E-state index contributed by atoms with van der Waals surface area (Å²) in [5, 5.41) is 0. The van der Waals surface area contributed by atoms with Gasteiger partial charge in [-0.15, -0.1) is 0 Å². The standard InChI is InChI=1S/C19H39NO6P2/c1-5-18(6-2)15-14-17(12-10-9-11-13-17)19(7-3,8-4)20(18)16(27(21,22)23)28(24,25)26/h16H,5-15H2,1-4H3,(H2,21,22,23)(H2,24,25,26). The molecule has 1 saturated carbocycles. The lowest BCUT2D eigenvalue weighted by Gasteiger charge is -2.68. The summed E-state index contributed by atoms with van der Waals surface area (Å²) < 4.78 is 25.1. The highest BCUT2D eigenvalue weighted by Gasteiger charge is 2.67. The molecule has 2 aliphatic rings. The average Bonchev–Trinajstić information content (AvgIpc) is 2.62. The maximum atomic E-state index is 12.5. The van der Waals surface area contributed by atoms with Crippen molar-refractivity contribution < 1.29 is 28.7 Å². The van der Waals surface area contributed by atoms with Gasteiger partial charge in [-0.05, 0) is 56.8 Å². The number of hydrogen-bond acceptors (Lipinski definition) is 3. The van der Waals surface area contributed by atoms with E-state index < -0.39 is 31.8 Å². The Morgan fingerprint density at radius 3 is 1.57 bits per heavy atom. The summed E-state index contributed by atoms with van der Waals surface area (Å²) >= 11 is 0. The zero-order valence-electron chi connectivity index (χ0n) is 17.8. The molecule has 4 N–H and O–H groups in total. The molecule has 28 heavy (non-hydrogen) atoms. The smallest absolute Gasteiger partial charge is 0.323 e. The van der Waals surface area contributed by atoms with Crippen LogP contribution in [0.5, 0.6) is 0 Å². The second-order valence-corrected chi connectivity index (χ2v) is 12.6. The summed E-state index contributed by atoms with van der Waals surface area (Å²) in [6, 6.07) is 0. The highest BCUT2D eigenvalue weighted by molar-refractivity contribution is 7.70. The summed E-state index contributed by atoms with van der Waals surface area (Å²) in [6.07, 6.45) is 9.36. The first-order valence-corrected chi connectivity index (χ1v) is 14.2. The lowest BCUT2D eigenvalue weighted by Crippen LogP contribution is -2.73. The maximum absolute atomic E-state index is 12.5. The highest BCUT2D eigenvalue weighted by atomic mass is 31.2. The van der Waals surface area contributed by atoms with Crippen molar-refractivity contribution in [3.8, 4) is 0 Å². The van der Waals surface area contributed by atoms with Gasteiger partial charge in [0.2, 0.25) is 5.52 Å². The molecule has 1 aliphatic heterocycles. The topological polar surface area (TPSA) is 118 Å². The van der Waals surface area contributed by atoms with E-state index in [2.05, 4.69) is 0 Å². The molecule has 0 atom stereocenters. The van der Waals surface area contributed by atoms with Gasteiger partial charge in [-0.25, -0.2) is 0 Å². The molecule has 0 aromatic carbocycles. The van der Waals surface area contributed by atoms with Crippen LogP contribution in [-0.2, 0) is 9.13 Å². The molecule has 1 heterocycles. The lowest BCUT2D eigenvalue weighted by atomic mass is 9.52. The minimum atomic E-state index is -5.08. The van der Waals surface area contributed by atoms with Crippen molar-refractivity contribution in [2.24, 2.45) is 5.41 Å². The van der Waals surface area contributed by atoms with E-state index in [9.17, 15) is 28.7 Å². The van der Waals surface area contributed by atoms with E-state index in [-0.39, 0.29) is 5.41 Å². The first kappa shape index (κ1) is 24.5. The Balaban J connectivity index is 2.83. The van der Waals surface area contributed by atoms with Crippen LogP contribution in [-0.4, -0.2) is 41.1 Å². The van der Waals surface area contributed by atoms with Crippen LogP contribution in [0.1, 0.15) is 98.3 Å². The Morgan fingerprint density at radius 2 is 1.21 bits per heavy atom. The zero-order valence-corrected chi connectivity index (χ0v) is 19.6. The molecular formula is C19H39NO6P2. The first-order valence-electron chi connectivity index (χ1n) is 10.8. The molecule has 0 aromatic rings. The van der Waals surface area contributed by atoms with Gasteiger partial charge in [-0.1, -0.05) is 47.0 Å². The van der Waals surface area contributed by atoms with Crippen LogP contribution < -0.4 is 0 Å². The van der Waals surface area contributed by atoms with E-state index in [0.717, 1.165) is 44.9 Å². The van der Waals surface area contributed by atoms with Gasteiger partial charge in [-0.3, -0.25) is 14.0 Å². The minimum absolute atomic E-state index is 0.148. The van der Waals surface area contributed by atoms with E-state index in [1.807, 2.05) is 27.7 Å². The van der Waals surface area contributed by atoms with E-state index in [1.54, 1.807) is 4.90 Å². The Labute approximate surface area is 169 Å². The van der Waals surface area contributed by atoms with E-state index in [0.29, 0.717) is 25.7 Å². The minimum Gasteiger partial charge on any atom is -0.323 e. The van der Waals surface area contributed by atoms with Crippen LogP contribution in [0.25, 0.3) is 0 Å². The van der Waals surface area contributed by atoms with Gasteiger partial charge in [0.15, 0.2) is 0 Å². The molecular weight excluding hydrogens is 400 g/mol. The Kier molecular flexibility index (Phi) is 7.37. The predicted molar refractivity (Wildman–Crippen MR) is 111 cm³/mol. The zero-order chi connectivity index (χ0) is 21.4. The van der Waals surface area contributed by atoms with Crippen molar-refractivity contribution in [2.75, 3.05) is 0 Å². The summed E-state index contributed by atoms with van der Waals surface area (Å²) in [5.41, 5.74) is -3.48. The molecule has 0 amide bonds. The molecule has 0 bridgehead atoms. The van der Waals surface area contributed by atoms with Gasteiger partial charge in [0.05, 0.1) is 0 Å². The van der Waals surface area contributed by atoms with E-state index >= 15 is 0 Å². The molecule has 9 heteroatoms. The maximum Gasteiger partial charge on any atom is 0.355 e. The molecule has 1 spiro atoms. The molecule has 1 saturated heterocycles. The normalized spacial score (nSPS) is 25.3. The van der Waals surface area contributed by atoms with E-state index in [1.165, 1.54) is 0 Å². The molecule has 2 rings (SSSR count). The van der Waals surface area contributed by atoms with E-state index in [4.69, 9.17) is 0 Å². The largest absolute Gasteiger partial charge is 0.355 e. The van der Waals surface area contributed by atoms with Crippen molar-refractivity contribution in [2.45, 2.75) is 115 Å². The van der Waals surface area contributed by atoms with Crippen LogP contribution in [0.2, 0.25) is 0 Å². The van der Waals surface area contributed by atoms with Gasteiger partial charge in [0.1, 0.15) is 0 Å². The number of piperidine rings is 1. The molecule has 0 unspecified atom stereocenters. The predicted octanol–water partition coefficient (Wildman–Crippen LogP) is 4.79. The van der Waals surface area contributed by atoms with Crippen molar-refractivity contribution in [1.82, 2.24) is 4.90 Å². The fourth-order valence-electron chi connectivity index (χ4n) is 6.73. The Morgan fingerprint density at radius 1 is 0.750 bits per heavy atom. The third-order valence-electron chi connectivity index (χ3n) is 8.16. The fourth-order valence-corrected chi connectivity index (χ4v) is 9.83. The van der Waals surface area contributed by atoms with Gasteiger partial charge in [-0.2, -0.15) is 0 Å². The number of hydrogen-bond donors (Lipinski definition) is 4. The van der Waals surface area contributed by atoms with Crippen LogP contribution in [0.15, 0.2) is 0 Å². The lowest BCUT2D eigenvalue weighted by molar-refractivity contribution is -0.169. The third-order valence-corrected chi connectivity index (χ3v) is 11.6. The van der Waals surface area contributed by atoms with Crippen LogP contribution in [0.4, 0.5) is 0 Å². The first-order chi connectivity index (χ1) is 12.9. The number of nitrogens with zero attached hydrogens (tertiary/aromatic N) is 1. The van der Waals surface area contributed by atoms with Crippen molar-refractivity contribution in [1.29, 1.82) is 0 Å². The summed E-state index contributed by atoms with van der Waals surface area (Å²) in [6.45, 7) is 7.99. The monoisotopic (exact) mass is 439 g/mol. The van der Waals surface area contributed by atoms with Gasteiger partial charge in [0, 0.05) is 11.1 Å². The number of likely N-dealkylation sites (tertiary alicyclic amines) is 1. The molecule has 166 valence electrons. The van der Waals surface area contributed by atoms with Crippen LogP contribution >= 0.6 is 15.2 Å². The molecule has 1 aliphatic carbocycles. The molecule has 7 nitrogen and oxygen atoms in total. The summed E-state index contributed by atoms with van der Waals surface area (Å²) in [5.74, 6) is 0. The van der Waals surface area contributed by atoms with Gasteiger partial charge >= 0.3 is 15.2 Å². The molecule has 0 aromatic heterocycles. The summed E-state index contributed by atoms with van der Waals surface area (Å²) in [4.78, 5) is 42.4. The van der Waals surface area contributed by atoms with Crippen molar-refractivity contribution in [3.63, 3.8) is 0 Å².